The highest BCUT2D eigenvalue weighted by Gasteiger charge is 2.28. The molecule has 0 spiro atoms. The first-order valence-electron chi connectivity index (χ1n) is 5.44. The SMILES string of the molecule is O=C(O)COc1cccc(N2CCCS2(=O)=O)c1. The molecule has 98 valence electrons. The molecular weight excluding hydrogens is 258 g/mol. The van der Waals surface area contributed by atoms with Gasteiger partial charge in [-0.15, -0.1) is 0 Å². The molecule has 0 unspecified atom stereocenters. The summed E-state index contributed by atoms with van der Waals surface area (Å²) in [5.41, 5.74) is 0.510. The fourth-order valence-electron chi connectivity index (χ4n) is 1.80. The van der Waals surface area contributed by atoms with Crippen molar-refractivity contribution in [1.82, 2.24) is 0 Å². The van der Waals surface area contributed by atoms with Gasteiger partial charge in [0.25, 0.3) is 0 Å². The van der Waals surface area contributed by atoms with Crippen LogP contribution in [-0.4, -0.2) is 38.4 Å². The number of hydrogen-bond donors (Lipinski definition) is 1. The standard InChI is InChI=1S/C11H13NO5S/c13-11(14)8-17-10-4-1-3-9(7-10)12-5-2-6-18(12,15)16/h1,3-4,7H,2,5-6,8H2,(H,13,14). The van der Waals surface area contributed by atoms with Gasteiger partial charge in [0.15, 0.2) is 6.61 Å². The average Bonchev–Trinajstić information content (AvgIpc) is 2.67. The van der Waals surface area contributed by atoms with Gasteiger partial charge >= 0.3 is 5.97 Å². The normalized spacial score (nSPS) is 17.7. The second-order valence-electron chi connectivity index (χ2n) is 3.92. The predicted octanol–water partition coefficient (Wildman–Crippen LogP) is 0.690. The van der Waals surface area contributed by atoms with Gasteiger partial charge in [-0.05, 0) is 18.6 Å². The summed E-state index contributed by atoms with van der Waals surface area (Å²) < 4.78 is 29.8. The van der Waals surface area contributed by atoms with Crippen LogP contribution in [0.25, 0.3) is 0 Å². The van der Waals surface area contributed by atoms with E-state index in [1.165, 1.54) is 10.4 Å². The lowest BCUT2D eigenvalue weighted by Crippen LogP contribution is -2.25. The molecule has 1 N–H and O–H groups in total. The summed E-state index contributed by atoms with van der Waals surface area (Å²) >= 11 is 0. The van der Waals surface area contributed by atoms with Gasteiger partial charge in [-0.2, -0.15) is 0 Å². The van der Waals surface area contributed by atoms with E-state index >= 15 is 0 Å². The van der Waals surface area contributed by atoms with Crippen molar-refractivity contribution < 1.29 is 23.1 Å². The van der Waals surface area contributed by atoms with E-state index in [2.05, 4.69) is 0 Å². The highest BCUT2D eigenvalue weighted by molar-refractivity contribution is 7.93. The largest absolute Gasteiger partial charge is 0.482 e. The first-order valence-corrected chi connectivity index (χ1v) is 7.05. The first kappa shape index (κ1) is 12.7. The van der Waals surface area contributed by atoms with Gasteiger partial charge in [0, 0.05) is 12.6 Å². The number of hydrogen-bond acceptors (Lipinski definition) is 4. The number of carboxylic acid groups (broad SMARTS) is 1. The number of benzene rings is 1. The van der Waals surface area contributed by atoms with E-state index in [1.807, 2.05) is 0 Å². The molecule has 0 saturated carbocycles. The molecule has 1 aliphatic rings. The Morgan fingerprint density at radius 1 is 1.44 bits per heavy atom. The fraction of sp³-hybridized carbons (Fsp3) is 0.364. The van der Waals surface area contributed by atoms with Crippen molar-refractivity contribution in [3.8, 4) is 5.75 Å². The molecule has 0 bridgehead atoms. The van der Waals surface area contributed by atoms with Crippen LogP contribution in [0.3, 0.4) is 0 Å². The number of ether oxygens (including phenoxy) is 1. The molecule has 1 aromatic rings. The maximum atomic E-state index is 11.7. The van der Waals surface area contributed by atoms with Gasteiger partial charge in [-0.3, -0.25) is 4.31 Å². The smallest absolute Gasteiger partial charge is 0.341 e. The zero-order valence-corrected chi connectivity index (χ0v) is 10.4. The number of sulfonamides is 1. The fourth-order valence-corrected chi connectivity index (χ4v) is 3.36. The molecule has 1 fully saturated rings. The van der Waals surface area contributed by atoms with Crippen LogP contribution in [0.1, 0.15) is 6.42 Å². The maximum Gasteiger partial charge on any atom is 0.341 e. The Bertz CT molecular complexity index is 554. The summed E-state index contributed by atoms with van der Waals surface area (Å²) in [6.07, 6.45) is 0.600. The summed E-state index contributed by atoms with van der Waals surface area (Å²) in [4.78, 5) is 10.4. The van der Waals surface area contributed by atoms with Crippen molar-refractivity contribution in [2.45, 2.75) is 6.42 Å². The molecule has 18 heavy (non-hydrogen) atoms. The van der Waals surface area contributed by atoms with Gasteiger partial charge in [0.1, 0.15) is 5.75 Å². The van der Waals surface area contributed by atoms with E-state index in [4.69, 9.17) is 9.84 Å². The van der Waals surface area contributed by atoms with Crippen LogP contribution in [0.2, 0.25) is 0 Å². The molecule has 0 amide bonds. The molecule has 0 radical (unpaired) electrons. The van der Waals surface area contributed by atoms with Crippen LogP contribution in [0.5, 0.6) is 5.75 Å². The minimum atomic E-state index is -3.23. The van der Waals surface area contributed by atoms with E-state index < -0.39 is 22.6 Å². The summed E-state index contributed by atoms with van der Waals surface area (Å²) in [5, 5.41) is 8.51. The second-order valence-corrected chi connectivity index (χ2v) is 5.93. The molecule has 0 aromatic heterocycles. The third kappa shape index (κ3) is 2.73. The van der Waals surface area contributed by atoms with Crippen molar-refractivity contribution >= 4 is 21.7 Å². The van der Waals surface area contributed by atoms with Crippen LogP contribution in [0, 0.1) is 0 Å². The zero-order chi connectivity index (χ0) is 13.2. The van der Waals surface area contributed by atoms with E-state index in [-0.39, 0.29) is 5.75 Å². The third-order valence-electron chi connectivity index (χ3n) is 2.57. The molecule has 7 heteroatoms. The van der Waals surface area contributed by atoms with Crippen LogP contribution >= 0.6 is 0 Å². The number of rotatable bonds is 4. The second kappa shape index (κ2) is 4.85. The van der Waals surface area contributed by atoms with Crippen LogP contribution < -0.4 is 9.04 Å². The van der Waals surface area contributed by atoms with Gasteiger partial charge in [0.2, 0.25) is 10.0 Å². The predicted molar refractivity (Wildman–Crippen MR) is 65.3 cm³/mol. The highest BCUT2D eigenvalue weighted by atomic mass is 32.2. The molecule has 0 atom stereocenters. The molecule has 1 heterocycles. The summed E-state index contributed by atoms with van der Waals surface area (Å²) in [6, 6.07) is 6.43. The molecule has 0 aliphatic carbocycles. The highest BCUT2D eigenvalue weighted by Crippen LogP contribution is 2.27. The Morgan fingerprint density at radius 2 is 2.22 bits per heavy atom. The molecule has 6 nitrogen and oxygen atoms in total. The monoisotopic (exact) mass is 271 g/mol. The van der Waals surface area contributed by atoms with Gasteiger partial charge in [-0.1, -0.05) is 6.07 Å². The lowest BCUT2D eigenvalue weighted by molar-refractivity contribution is -0.139. The van der Waals surface area contributed by atoms with Gasteiger partial charge < -0.3 is 9.84 Å². The Kier molecular flexibility index (Phi) is 3.42. The van der Waals surface area contributed by atoms with Gasteiger partial charge in [0.05, 0.1) is 11.4 Å². The number of carboxylic acids is 1. The van der Waals surface area contributed by atoms with E-state index in [1.54, 1.807) is 18.2 Å². The number of aliphatic carboxylic acids is 1. The summed E-state index contributed by atoms with van der Waals surface area (Å²) in [5.74, 6) is -0.584. The van der Waals surface area contributed by atoms with Crippen molar-refractivity contribution in [2.24, 2.45) is 0 Å². The third-order valence-corrected chi connectivity index (χ3v) is 4.44. The Morgan fingerprint density at radius 3 is 2.83 bits per heavy atom. The summed E-state index contributed by atoms with van der Waals surface area (Å²) in [7, 11) is -3.23. The molecule has 1 saturated heterocycles. The Labute approximate surface area is 105 Å². The van der Waals surface area contributed by atoms with E-state index in [0.29, 0.717) is 24.4 Å². The minimum Gasteiger partial charge on any atom is -0.482 e. The maximum absolute atomic E-state index is 11.7. The van der Waals surface area contributed by atoms with Crippen molar-refractivity contribution in [3.05, 3.63) is 24.3 Å². The minimum absolute atomic E-state index is 0.146. The van der Waals surface area contributed by atoms with Crippen LogP contribution in [0.15, 0.2) is 24.3 Å². The Hall–Kier alpha value is -1.76. The van der Waals surface area contributed by atoms with Crippen molar-refractivity contribution in [3.63, 3.8) is 0 Å². The Balaban J connectivity index is 2.19. The average molecular weight is 271 g/mol. The molecular formula is C11H13NO5S. The number of carbonyl (C=O) groups is 1. The molecule has 2 rings (SSSR count). The van der Waals surface area contributed by atoms with Crippen molar-refractivity contribution in [1.29, 1.82) is 0 Å². The van der Waals surface area contributed by atoms with E-state index in [9.17, 15) is 13.2 Å². The lowest BCUT2D eigenvalue weighted by Gasteiger charge is -2.17. The summed E-state index contributed by atoms with van der Waals surface area (Å²) in [6.45, 7) is 0.000913. The molecule has 1 aliphatic heterocycles. The van der Waals surface area contributed by atoms with Crippen molar-refractivity contribution in [2.75, 3.05) is 23.2 Å². The topological polar surface area (TPSA) is 83.9 Å². The van der Waals surface area contributed by atoms with E-state index in [0.717, 1.165) is 0 Å². The van der Waals surface area contributed by atoms with Crippen LogP contribution in [0.4, 0.5) is 5.69 Å². The molecule has 1 aromatic carbocycles. The quantitative estimate of drug-likeness (QED) is 0.871. The number of anilines is 1. The number of nitrogens with zero attached hydrogens (tertiary/aromatic N) is 1. The zero-order valence-electron chi connectivity index (χ0n) is 9.57. The first-order chi connectivity index (χ1) is 8.49. The van der Waals surface area contributed by atoms with Gasteiger partial charge in [-0.25, -0.2) is 13.2 Å². The lowest BCUT2D eigenvalue weighted by atomic mass is 10.3. The van der Waals surface area contributed by atoms with Crippen LogP contribution in [-0.2, 0) is 14.8 Å².